The Morgan fingerprint density at radius 1 is 1.13 bits per heavy atom. The van der Waals surface area contributed by atoms with Gasteiger partial charge < -0.3 is 10.4 Å². The van der Waals surface area contributed by atoms with E-state index in [-0.39, 0.29) is 10.7 Å². The van der Waals surface area contributed by atoms with E-state index in [1.807, 2.05) is 6.07 Å². The highest BCUT2D eigenvalue weighted by molar-refractivity contribution is 6.31. The molecule has 3 aromatic rings. The number of para-hydroxylation sites is 1. The Hall–Kier alpha value is -2.86. The van der Waals surface area contributed by atoms with Crippen LogP contribution >= 0.6 is 11.6 Å². The Bertz CT molecular complexity index is 891. The molecule has 0 saturated heterocycles. The number of aromatic nitrogens is 2. The zero-order chi connectivity index (χ0) is 16.4. The second-order valence-corrected chi connectivity index (χ2v) is 5.29. The first-order valence-electron chi connectivity index (χ1n) is 6.79. The van der Waals surface area contributed by atoms with Crippen LogP contribution in [-0.4, -0.2) is 27.2 Å². The molecule has 1 aromatic heterocycles. The number of benzene rings is 2. The maximum absolute atomic E-state index is 12.4. The van der Waals surface area contributed by atoms with Gasteiger partial charge in [-0.15, -0.1) is 0 Å². The number of aromatic amines is 1. The molecule has 0 aliphatic heterocycles. The topological polar surface area (TPSA) is 95.1 Å². The van der Waals surface area contributed by atoms with Crippen LogP contribution in [-0.2, 0) is 4.79 Å². The Morgan fingerprint density at radius 2 is 1.83 bits per heavy atom. The van der Waals surface area contributed by atoms with Gasteiger partial charge in [0.15, 0.2) is 11.7 Å². The zero-order valence-corrected chi connectivity index (χ0v) is 12.5. The van der Waals surface area contributed by atoms with Gasteiger partial charge in [-0.3, -0.25) is 9.89 Å². The lowest BCUT2D eigenvalue weighted by Gasteiger charge is -2.15. The summed E-state index contributed by atoms with van der Waals surface area (Å²) in [6.07, 6.45) is 0. The lowest BCUT2D eigenvalue weighted by molar-refractivity contribution is -0.139. The number of rotatable bonds is 4. The van der Waals surface area contributed by atoms with Crippen molar-refractivity contribution in [3.8, 4) is 0 Å². The van der Waals surface area contributed by atoms with Crippen LogP contribution in [0.25, 0.3) is 10.9 Å². The molecule has 2 aromatic carbocycles. The van der Waals surface area contributed by atoms with Crippen LogP contribution in [0.15, 0.2) is 48.5 Å². The highest BCUT2D eigenvalue weighted by atomic mass is 35.5. The van der Waals surface area contributed by atoms with Crippen LogP contribution in [0.2, 0.25) is 5.02 Å². The Morgan fingerprint density at radius 3 is 2.57 bits per heavy atom. The van der Waals surface area contributed by atoms with Crippen molar-refractivity contribution in [1.29, 1.82) is 0 Å². The number of aliphatic carboxylic acids is 1. The van der Waals surface area contributed by atoms with E-state index in [1.165, 1.54) is 0 Å². The summed E-state index contributed by atoms with van der Waals surface area (Å²) >= 11 is 6.03. The molecule has 0 fully saturated rings. The Balaban J connectivity index is 1.93. The number of nitrogens with zero attached hydrogens (tertiary/aromatic N) is 1. The number of carboxylic acid groups (broad SMARTS) is 1. The van der Waals surface area contributed by atoms with Gasteiger partial charge in [-0.1, -0.05) is 48.0 Å². The average molecular weight is 330 g/mol. The SMILES string of the molecule is O=C(NC(C(=O)O)c1ccccc1Cl)c1n[nH]c2ccccc12. The highest BCUT2D eigenvalue weighted by Crippen LogP contribution is 2.24. The van der Waals surface area contributed by atoms with Crippen LogP contribution in [0.1, 0.15) is 22.1 Å². The number of carbonyl (C=O) groups excluding carboxylic acids is 1. The summed E-state index contributed by atoms with van der Waals surface area (Å²) in [5, 5.41) is 19.5. The maximum Gasteiger partial charge on any atom is 0.330 e. The van der Waals surface area contributed by atoms with Gasteiger partial charge in [-0.25, -0.2) is 4.79 Å². The van der Waals surface area contributed by atoms with Gasteiger partial charge >= 0.3 is 5.97 Å². The van der Waals surface area contributed by atoms with Crippen molar-refractivity contribution in [2.75, 3.05) is 0 Å². The lowest BCUT2D eigenvalue weighted by atomic mass is 10.1. The summed E-state index contributed by atoms with van der Waals surface area (Å²) in [5.74, 6) is -1.79. The number of fused-ring (bicyclic) bond motifs is 1. The first-order chi connectivity index (χ1) is 11.1. The number of halogens is 1. The number of nitrogens with one attached hydrogen (secondary N) is 2. The summed E-state index contributed by atoms with van der Waals surface area (Å²) in [4.78, 5) is 23.9. The summed E-state index contributed by atoms with van der Waals surface area (Å²) in [6, 6.07) is 12.3. The van der Waals surface area contributed by atoms with Crippen molar-refractivity contribution in [2.24, 2.45) is 0 Å². The number of hydrogen-bond donors (Lipinski definition) is 3. The molecule has 1 unspecified atom stereocenters. The molecule has 0 bridgehead atoms. The monoisotopic (exact) mass is 329 g/mol. The number of hydrogen-bond acceptors (Lipinski definition) is 3. The molecule has 116 valence electrons. The fourth-order valence-corrected chi connectivity index (χ4v) is 2.56. The predicted octanol–water partition coefficient (Wildman–Crippen LogP) is 2.77. The highest BCUT2D eigenvalue weighted by Gasteiger charge is 2.26. The predicted molar refractivity (Wildman–Crippen MR) is 85.4 cm³/mol. The molecule has 23 heavy (non-hydrogen) atoms. The molecule has 1 heterocycles. The van der Waals surface area contributed by atoms with Crippen molar-refractivity contribution in [2.45, 2.75) is 6.04 Å². The number of carbonyl (C=O) groups is 2. The summed E-state index contributed by atoms with van der Waals surface area (Å²) in [7, 11) is 0. The molecule has 7 heteroatoms. The molecule has 1 atom stereocenters. The minimum atomic E-state index is -1.26. The minimum Gasteiger partial charge on any atom is -0.479 e. The zero-order valence-electron chi connectivity index (χ0n) is 11.8. The average Bonchev–Trinajstić information content (AvgIpc) is 2.97. The van der Waals surface area contributed by atoms with Gasteiger partial charge in [-0.05, 0) is 12.1 Å². The van der Waals surface area contributed by atoms with Gasteiger partial charge in [0.2, 0.25) is 0 Å². The van der Waals surface area contributed by atoms with Crippen LogP contribution in [0.3, 0.4) is 0 Å². The van der Waals surface area contributed by atoms with Crippen molar-refractivity contribution in [1.82, 2.24) is 15.5 Å². The van der Waals surface area contributed by atoms with E-state index >= 15 is 0 Å². The van der Waals surface area contributed by atoms with Gasteiger partial charge in [-0.2, -0.15) is 5.10 Å². The molecular formula is C16H12ClN3O3. The van der Waals surface area contributed by atoms with Crippen molar-refractivity contribution in [3.05, 3.63) is 64.8 Å². The quantitative estimate of drug-likeness (QED) is 0.686. The normalized spacial score (nSPS) is 12.0. The third-order valence-corrected chi connectivity index (χ3v) is 3.77. The number of H-pyrrole nitrogens is 1. The van der Waals surface area contributed by atoms with E-state index in [0.717, 1.165) is 0 Å². The smallest absolute Gasteiger partial charge is 0.330 e. The minimum absolute atomic E-state index is 0.138. The summed E-state index contributed by atoms with van der Waals surface area (Å²) < 4.78 is 0. The lowest BCUT2D eigenvalue weighted by Crippen LogP contribution is -2.34. The van der Waals surface area contributed by atoms with Crippen molar-refractivity contribution >= 4 is 34.4 Å². The molecule has 0 aliphatic carbocycles. The van der Waals surface area contributed by atoms with E-state index in [9.17, 15) is 14.7 Å². The molecule has 0 aliphatic rings. The summed E-state index contributed by atoms with van der Waals surface area (Å²) in [6.45, 7) is 0. The fourth-order valence-electron chi connectivity index (χ4n) is 2.32. The van der Waals surface area contributed by atoms with Gasteiger partial charge in [0.25, 0.3) is 5.91 Å². The fraction of sp³-hybridized carbons (Fsp3) is 0.0625. The van der Waals surface area contributed by atoms with Gasteiger partial charge in [0.1, 0.15) is 0 Å². The van der Waals surface area contributed by atoms with Crippen LogP contribution in [0, 0.1) is 0 Å². The van der Waals surface area contributed by atoms with E-state index in [0.29, 0.717) is 16.5 Å². The van der Waals surface area contributed by atoms with Gasteiger partial charge in [0, 0.05) is 16.0 Å². The third kappa shape index (κ3) is 2.89. The molecular weight excluding hydrogens is 318 g/mol. The molecule has 6 nitrogen and oxygen atoms in total. The van der Waals surface area contributed by atoms with Crippen molar-refractivity contribution in [3.63, 3.8) is 0 Å². The Kier molecular flexibility index (Phi) is 3.99. The number of carboxylic acids is 1. The number of amides is 1. The first kappa shape index (κ1) is 15.1. The van der Waals surface area contributed by atoms with Crippen LogP contribution in [0.4, 0.5) is 0 Å². The van der Waals surface area contributed by atoms with E-state index in [4.69, 9.17) is 11.6 Å². The molecule has 3 N–H and O–H groups in total. The van der Waals surface area contributed by atoms with Gasteiger partial charge in [0.05, 0.1) is 5.52 Å². The Labute approximate surface area is 136 Å². The maximum atomic E-state index is 12.4. The first-order valence-corrected chi connectivity index (χ1v) is 7.17. The van der Waals surface area contributed by atoms with Crippen LogP contribution < -0.4 is 5.32 Å². The largest absolute Gasteiger partial charge is 0.479 e. The summed E-state index contributed by atoms with van der Waals surface area (Å²) in [5.41, 5.74) is 1.15. The second-order valence-electron chi connectivity index (χ2n) is 4.88. The molecule has 0 saturated carbocycles. The molecule has 0 spiro atoms. The molecule has 1 amide bonds. The molecule has 0 radical (unpaired) electrons. The van der Waals surface area contributed by atoms with E-state index in [2.05, 4.69) is 15.5 Å². The second kappa shape index (κ2) is 6.10. The van der Waals surface area contributed by atoms with E-state index in [1.54, 1.807) is 42.5 Å². The van der Waals surface area contributed by atoms with E-state index < -0.39 is 17.9 Å². The third-order valence-electron chi connectivity index (χ3n) is 3.42. The standard InChI is InChI=1S/C16H12ClN3O3/c17-11-7-3-1-5-9(11)14(16(22)23)18-15(21)13-10-6-2-4-8-12(10)19-20-13/h1-8,14H,(H,18,21)(H,19,20)(H,22,23). The van der Waals surface area contributed by atoms with Crippen LogP contribution in [0.5, 0.6) is 0 Å². The van der Waals surface area contributed by atoms with Crippen molar-refractivity contribution < 1.29 is 14.7 Å². The molecule has 3 rings (SSSR count).